The summed E-state index contributed by atoms with van der Waals surface area (Å²) in [4.78, 5) is 0. The van der Waals surface area contributed by atoms with Gasteiger partial charge in [-0.1, -0.05) is 0 Å². The molecule has 0 aromatic rings. The van der Waals surface area contributed by atoms with Gasteiger partial charge in [0.25, 0.3) is 0 Å². The fourth-order valence-corrected chi connectivity index (χ4v) is 5.14. The van der Waals surface area contributed by atoms with Crippen LogP contribution in [0.5, 0.6) is 0 Å². The standard InChI is InChI=1S/C10H12Cl2O/c11-8-4-1-5(9(8)12)7-3(4)2-6-10(7)13-6/h3-10H,1-2H2/t3-,4+,5+,6+,7-,8+,9-,10-/m0/s1. The van der Waals surface area contributed by atoms with Gasteiger partial charge in [0, 0.05) is 0 Å². The van der Waals surface area contributed by atoms with E-state index in [1.807, 2.05) is 0 Å². The molecule has 2 bridgehead atoms. The van der Waals surface area contributed by atoms with E-state index in [2.05, 4.69) is 0 Å². The molecule has 3 saturated carbocycles. The van der Waals surface area contributed by atoms with E-state index in [9.17, 15) is 0 Å². The van der Waals surface area contributed by atoms with Crippen LogP contribution >= 0.6 is 23.2 Å². The molecule has 3 aliphatic carbocycles. The van der Waals surface area contributed by atoms with Crippen molar-refractivity contribution < 1.29 is 4.74 Å². The third-order valence-electron chi connectivity index (χ3n) is 4.71. The van der Waals surface area contributed by atoms with Crippen molar-refractivity contribution in [2.24, 2.45) is 23.7 Å². The Morgan fingerprint density at radius 3 is 2.54 bits per heavy atom. The summed E-state index contributed by atoms with van der Waals surface area (Å²) in [5.41, 5.74) is 0. The maximum absolute atomic E-state index is 6.32. The molecule has 0 N–H and O–H groups in total. The van der Waals surface area contributed by atoms with Crippen LogP contribution in [0.1, 0.15) is 12.8 Å². The monoisotopic (exact) mass is 218 g/mol. The molecule has 4 fully saturated rings. The van der Waals surface area contributed by atoms with Crippen LogP contribution in [0, 0.1) is 23.7 Å². The van der Waals surface area contributed by atoms with Gasteiger partial charge in [0.1, 0.15) is 0 Å². The molecule has 0 unspecified atom stereocenters. The minimum Gasteiger partial charge on any atom is -0.369 e. The number of alkyl halides is 2. The zero-order valence-electron chi connectivity index (χ0n) is 7.20. The van der Waals surface area contributed by atoms with Gasteiger partial charge in [-0.05, 0) is 36.5 Å². The quantitative estimate of drug-likeness (QED) is 0.449. The largest absolute Gasteiger partial charge is 0.369 e. The zero-order chi connectivity index (χ0) is 8.74. The first kappa shape index (κ1) is 7.78. The third kappa shape index (κ3) is 0.770. The summed E-state index contributed by atoms with van der Waals surface area (Å²) < 4.78 is 5.60. The predicted molar refractivity (Wildman–Crippen MR) is 51.1 cm³/mol. The Hall–Kier alpha value is 0.540. The maximum Gasteiger partial charge on any atom is 0.0876 e. The van der Waals surface area contributed by atoms with Crippen molar-refractivity contribution in [3.8, 4) is 0 Å². The number of ether oxygens (including phenoxy) is 1. The van der Waals surface area contributed by atoms with Crippen molar-refractivity contribution in [2.75, 3.05) is 0 Å². The average Bonchev–Trinajstić information content (AvgIpc) is 2.53. The first-order valence-electron chi connectivity index (χ1n) is 5.21. The Morgan fingerprint density at radius 1 is 0.923 bits per heavy atom. The highest BCUT2D eigenvalue weighted by Gasteiger charge is 2.68. The molecular formula is C10H12Cl2O. The molecule has 1 saturated heterocycles. The molecule has 1 heterocycles. The molecule has 3 heteroatoms. The first-order chi connectivity index (χ1) is 6.27. The first-order valence-corrected chi connectivity index (χ1v) is 6.08. The summed E-state index contributed by atoms with van der Waals surface area (Å²) in [6, 6.07) is 0. The van der Waals surface area contributed by atoms with E-state index in [1.165, 1.54) is 12.8 Å². The van der Waals surface area contributed by atoms with Gasteiger partial charge in [-0.2, -0.15) is 0 Å². The SMILES string of the molecule is Cl[C@@H]1[C@H](Cl)[C@@H]2C[C@@H]1[C@@H]1[C@H]2C[C@H]2O[C@H]12. The van der Waals surface area contributed by atoms with Crippen LogP contribution in [0.3, 0.4) is 0 Å². The molecule has 0 spiro atoms. The molecule has 0 aromatic carbocycles. The van der Waals surface area contributed by atoms with Gasteiger partial charge in [-0.3, -0.25) is 0 Å². The molecule has 1 aliphatic heterocycles. The lowest BCUT2D eigenvalue weighted by Crippen LogP contribution is -2.36. The Bertz CT molecular complexity index is 270. The second kappa shape index (κ2) is 2.20. The number of fused-ring (bicyclic) bond motifs is 7. The van der Waals surface area contributed by atoms with E-state index < -0.39 is 0 Å². The van der Waals surface area contributed by atoms with Gasteiger partial charge in [0.05, 0.1) is 23.0 Å². The summed E-state index contributed by atoms with van der Waals surface area (Å²) in [7, 11) is 0. The van der Waals surface area contributed by atoms with E-state index in [0.717, 1.165) is 11.8 Å². The van der Waals surface area contributed by atoms with E-state index in [-0.39, 0.29) is 10.8 Å². The van der Waals surface area contributed by atoms with Crippen LogP contribution in [0.25, 0.3) is 0 Å². The fourth-order valence-electron chi connectivity index (χ4n) is 4.20. The topological polar surface area (TPSA) is 12.5 Å². The molecule has 4 rings (SSSR count). The fraction of sp³-hybridized carbons (Fsp3) is 1.00. The van der Waals surface area contributed by atoms with Crippen LogP contribution in [0.2, 0.25) is 0 Å². The van der Waals surface area contributed by atoms with Gasteiger partial charge in [-0.25, -0.2) is 0 Å². The lowest BCUT2D eigenvalue weighted by Gasteiger charge is -2.32. The molecule has 0 aromatic heterocycles. The summed E-state index contributed by atoms with van der Waals surface area (Å²) >= 11 is 12.6. The highest BCUT2D eigenvalue weighted by molar-refractivity contribution is 6.30. The molecule has 8 atom stereocenters. The van der Waals surface area contributed by atoms with Gasteiger partial charge in [-0.15, -0.1) is 23.2 Å². The Kier molecular flexibility index (Phi) is 1.32. The summed E-state index contributed by atoms with van der Waals surface area (Å²) in [6.07, 6.45) is 3.70. The van der Waals surface area contributed by atoms with Gasteiger partial charge in [0.2, 0.25) is 0 Å². The predicted octanol–water partition coefficient (Wildman–Crippen LogP) is 2.25. The highest BCUT2D eigenvalue weighted by Crippen LogP contribution is 2.66. The lowest BCUT2D eigenvalue weighted by molar-refractivity contribution is 0.151. The third-order valence-corrected chi connectivity index (χ3v) is 6.03. The molecule has 0 radical (unpaired) electrons. The molecule has 13 heavy (non-hydrogen) atoms. The Balaban J connectivity index is 1.73. The summed E-state index contributed by atoms with van der Waals surface area (Å²) in [5, 5.41) is 0.460. The summed E-state index contributed by atoms with van der Waals surface area (Å²) in [6.45, 7) is 0. The number of hydrogen-bond donors (Lipinski definition) is 0. The van der Waals surface area contributed by atoms with Crippen molar-refractivity contribution >= 4 is 23.2 Å². The molecule has 1 nitrogen and oxygen atoms in total. The second-order valence-electron chi connectivity index (χ2n) is 5.07. The van der Waals surface area contributed by atoms with E-state index in [4.69, 9.17) is 27.9 Å². The van der Waals surface area contributed by atoms with Crippen molar-refractivity contribution in [2.45, 2.75) is 35.8 Å². The van der Waals surface area contributed by atoms with Crippen LogP contribution in [0.4, 0.5) is 0 Å². The van der Waals surface area contributed by atoms with Gasteiger partial charge in [0.15, 0.2) is 0 Å². The van der Waals surface area contributed by atoms with Crippen LogP contribution in [-0.2, 0) is 4.74 Å². The number of halogens is 2. The average molecular weight is 219 g/mol. The molecule has 72 valence electrons. The maximum atomic E-state index is 6.32. The van der Waals surface area contributed by atoms with Crippen LogP contribution < -0.4 is 0 Å². The van der Waals surface area contributed by atoms with Crippen LogP contribution in [-0.4, -0.2) is 23.0 Å². The smallest absolute Gasteiger partial charge is 0.0876 e. The minimum atomic E-state index is 0.218. The minimum absolute atomic E-state index is 0.218. The Labute approximate surface area is 87.7 Å². The molecular weight excluding hydrogens is 207 g/mol. The Morgan fingerprint density at radius 2 is 1.69 bits per heavy atom. The van der Waals surface area contributed by atoms with Crippen molar-refractivity contribution in [3.63, 3.8) is 0 Å². The van der Waals surface area contributed by atoms with Gasteiger partial charge >= 0.3 is 0 Å². The second-order valence-corrected chi connectivity index (χ2v) is 6.08. The van der Waals surface area contributed by atoms with Crippen molar-refractivity contribution in [1.29, 1.82) is 0 Å². The normalized spacial score (nSPS) is 72.5. The van der Waals surface area contributed by atoms with Crippen molar-refractivity contribution in [1.82, 2.24) is 0 Å². The molecule has 4 aliphatic rings. The van der Waals surface area contributed by atoms with Crippen LogP contribution in [0.15, 0.2) is 0 Å². The van der Waals surface area contributed by atoms with E-state index in [1.54, 1.807) is 0 Å². The van der Waals surface area contributed by atoms with E-state index >= 15 is 0 Å². The van der Waals surface area contributed by atoms with Gasteiger partial charge < -0.3 is 4.74 Å². The zero-order valence-corrected chi connectivity index (χ0v) is 8.71. The summed E-state index contributed by atoms with van der Waals surface area (Å²) in [5.74, 6) is 2.99. The number of rotatable bonds is 0. The highest BCUT2D eigenvalue weighted by atomic mass is 35.5. The lowest BCUT2D eigenvalue weighted by atomic mass is 9.80. The van der Waals surface area contributed by atoms with E-state index in [0.29, 0.717) is 24.0 Å². The number of epoxide rings is 1. The molecule has 0 amide bonds. The van der Waals surface area contributed by atoms with Crippen molar-refractivity contribution in [3.05, 3.63) is 0 Å². The number of hydrogen-bond acceptors (Lipinski definition) is 1.